The zero-order chi connectivity index (χ0) is 43.2. The third-order valence-electron chi connectivity index (χ3n) is 9.65. The van der Waals surface area contributed by atoms with Gasteiger partial charge in [-0.1, -0.05) is 17.7 Å². The first-order chi connectivity index (χ1) is 28.7. The molecule has 0 saturated heterocycles. The van der Waals surface area contributed by atoms with Crippen molar-refractivity contribution in [3.8, 4) is 34.3 Å². The zero-order valence-electron chi connectivity index (χ0n) is 34.3. The van der Waals surface area contributed by atoms with E-state index in [4.69, 9.17) is 60.0 Å². The van der Waals surface area contributed by atoms with E-state index in [-0.39, 0.29) is 25.7 Å². The molecule has 0 saturated carbocycles. The Morgan fingerprint density at radius 1 is 0.633 bits per heavy atom. The molecular weight excluding hydrogens is 795 g/mol. The second kappa shape index (κ2) is 18.7. The Labute approximate surface area is 351 Å². The lowest BCUT2D eigenvalue weighted by Crippen LogP contribution is -2.29. The predicted molar refractivity (Wildman–Crippen MR) is 228 cm³/mol. The number of benzene rings is 4. The molecule has 0 bridgehead atoms. The van der Waals surface area contributed by atoms with Gasteiger partial charge in [0.25, 0.3) is 0 Å². The third kappa shape index (κ3) is 9.54. The van der Waals surface area contributed by atoms with E-state index in [9.17, 15) is 9.59 Å². The number of ether oxygens (including phenoxy) is 6. The van der Waals surface area contributed by atoms with Crippen LogP contribution in [0.3, 0.4) is 0 Å². The SMILES string of the molecule is COC(=O)c1ccc2nc(-c3ccc4c(c3)OCO4)c(N(C)C(C)C)nc2c1.COC(=O)c1ccc2nc(Cl)c(N(C)C(C)C)nc2c1.OB(O)c1ccc2c(c1)OCO2. The molecule has 0 aliphatic carbocycles. The molecule has 4 heterocycles. The van der Waals surface area contributed by atoms with Gasteiger partial charge in [-0.25, -0.2) is 29.5 Å². The van der Waals surface area contributed by atoms with Crippen LogP contribution in [0.1, 0.15) is 48.4 Å². The van der Waals surface area contributed by atoms with Crippen LogP contribution in [0.25, 0.3) is 33.3 Å². The van der Waals surface area contributed by atoms with Crippen molar-refractivity contribution in [2.24, 2.45) is 0 Å². The second-order valence-corrected chi connectivity index (χ2v) is 14.4. The number of aromatic nitrogens is 4. The van der Waals surface area contributed by atoms with E-state index in [2.05, 4.69) is 28.7 Å². The van der Waals surface area contributed by atoms with Gasteiger partial charge in [-0.15, -0.1) is 0 Å². The van der Waals surface area contributed by atoms with Crippen molar-refractivity contribution in [3.05, 3.63) is 89.1 Å². The summed E-state index contributed by atoms with van der Waals surface area (Å²) in [5.41, 5.74) is 5.50. The summed E-state index contributed by atoms with van der Waals surface area (Å²) in [6, 6.07) is 21.2. The molecule has 0 fully saturated rings. The van der Waals surface area contributed by atoms with Crippen molar-refractivity contribution in [2.75, 3.05) is 51.7 Å². The van der Waals surface area contributed by atoms with E-state index in [1.54, 1.807) is 54.6 Å². The highest BCUT2D eigenvalue weighted by Crippen LogP contribution is 2.38. The molecule has 2 aliphatic heterocycles. The first-order valence-corrected chi connectivity index (χ1v) is 19.1. The molecule has 60 heavy (non-hydrogen) atoms. The number of esters is 2. The van der Waals surface area contributed by atoms with Gasteiger partial charge in [0.05, 0.1) is 47.4 Å². The van der Waals surface area contributed by atoms with Crippen molar-refractivity contribution in [2.45, 2.75) is 39.8 Å². The Balaban J connectivity index is 0.000000164. The van der Waals surface area contributed by atoms with Gasteiger partial charge in [0.15, 0.2) is 39.8 Å². The average molecular weight is 839 g/mol. The summed E-state index contributed by atoms with van der Waals surface area (Å²) < 4.78 is 30.5. The molecule has 2 N–H and O–H groups in total. The standard InChI is InChI=1S/C21H21N3O4.C14H16ClN3O2.C7H7BO4/c1-12(2)24(3)20-19(13-6-8-17-18(10-13)28-11-27-17)22-15-7-5-14(21(25)26-4)9-16(15)23-20;1-8(2)18(3)13-12(15)16-10-6-5-9(14(19)20-4)7-11(10)17-13;9-8(10)5-1-2-6-7(3-5)12-4-11-6/h5-10,12H,11H2,1-4H3;5-8H,1-4H3;1-3,9-10H,4H2. The lowest BCUT2D eigenvalue weighted by molar-refractivity contribution is 0.0592. The van der Waals surface area contributed by atoms with Crippen molar-refractivity contribution >= 4 is 69.8 Å². The van der Waals surface area contributed by atoms with Crippen LogP contribution in [-0.4, -0.2) is 103 Å². The minimum Gasteiger partial charge on any atom is -0.465 e. The number of fused-ring (bicyclic) bond motifs is 4. The molecule has 2 aromatic heterocycles. The fraction of sp³-hybridized carbons (Fsp3) is 0.286. The van der Waals surface area contributed by atoms with Crippen molar-refractivity contribution in [1.82, 2.24) is 19.9 Å². The Kier molecular flexibility index (Phi) is 13.4. The van der Waals surface area contributed by atoms with Gasteiger partial charge in [0, 0.05) is 31.7 Å². The van der Waals surface area contributed by atoms with Crippen LogP contribution >= 0.6 is 11.6 Å². The minimum absolute atomic E-state index is 0.195. The van der Waals surface area contributed by atoms with Crippen LogP contribution in [0.2, 0.25) is 5.15 Å². The first-order valence-electron chi connectivity index (χ1n) is 18.8. The second-order valence-electron chi connectivity index (χ2n) is 14.1. The number of hydrogen-bond acceptors (Lipinski definition) is 16. The van der Waals surface area contributed by atoms with Gasteiger partial charge in [-0.3, -0.25) is 0 Å². The fourth-order valence-electron chi connectivity index (χ4n) is 5.83. The number of carbonyl (C=O) groups is 2. The largest absolute Gasteiger partial charge is 0.488 e. The van der Waals surface area contributed by atoms with Gasteiger partial charge >= 0.3 is 19.1 Å². The highest BCUT2D eigenvalue weighted by molar-refractivity contribution is 6.58. The predicted octanol–water partition coefficient (Wildman–Crippen LogP) is 5.67. The van der Waals surface area contributed by atoms with Gasteiger partial charge in [0.2, 0.25) is 13.6 Å². The summed E-state index contributed by atoms with van der Waals surface area (Å²) >= 11 is 6.16. The van der Waals surface area contributed by atoms with Crippen LogP contribution in [0, 0.1) is 0 Å². The summed E-state index contributed by atoms with van der Waals surface area (Å²) in [5.74, 6) is 3.13. The van der Waals surface area contributed by atoms with Crippen LogP contribution in [0.15, 0.2) is 72.8 Å². The summed E-state index contributed by atoms with van der Waals surface area (Å²) in [6.07, 6.45) is 0. The molecule has 0 radical (unpaired) electrons. The molecule has 0 atom stereocenters. The van der Waals surface area contributed by atoms with E-state index in [0.717, 1.165) is 22.8 Å². The minimum atomic E-state index is -1.46. The molecule has 18 heteroatoms. The van der Waals surface area contributed by atoms with Gasteiger partial charge in [-0.2, -0.15) is 0 Å². The molecule has 6 aromatic rings. The number of rotatable bonds is 8. The highest BCUT2D eigenvalue weighted by Gasteiger charge is 2.22. The summed E-state index contributed by atoms with van der Waals surface area (Å²) in [4.78, 5) is 45.9. The number of halogens is 1. The van der Waals surface area contributed by atoms with E-state index in [1.165, 1.54) is 14.2 Å². The number of nitrogens with zero attached hydrogens (tertiary/aromatic N) is 6. The van der Waals surface area contributed by atoms with Gasteiger partial charge < -0.3 is 48.3 Å². The average Bonchev–Trinajstić information content (AvgIpc) is 3.94. The van der Waals surface area contributed by atoms with Crippen molar-refractivity contribution in [3.63, 3.8) is 0 Å². The quantitative estimate of drug-likeness (QED) is 0.141. The van der Waals surface area contributed by atoms with Crippen LogP contribution in [0.4, 0.5) is 11.6 Å². The van der Waals surface area contributed by atoms with Crippen molar-refractivity contribution < 1.29 is 48.1 Å². The van der Waals surface area contributed by atoms with Crippen molar-refractivity contribution in [1.29, 1.82) is 0 Å². The molecular formula is C42H44BClN6O10. The third-order valence-corrected chi connectivity index (χ3v) is 9.90. The number of hydrogen-bond donors (Lipinski definition) is 2. The van der Waals surface area contributed by atoms with E-state index >= 15 is 0 Å². The van der Waals surface area contributed by atoms with Gasteiger partial charge in [0.1, 0.15) is 5.69 Å². The molecule has 312 valence electrons. The van der Waals surface area contributed by atoms with Crippen LogP contribution in [0.5, 0.6) is 23.0 Å². The lowest BCUT2D eigenvalue weighted by atomic mass is 9.80. The molecule has 0 unspecified atom stereocenters. The van der Waals surface area contributed by atoms with E-state index < -0.39 is 19.1 Å². The Morgan fingerprint density at radius 2 is 1.12 bits per heavy atom. The maximum absolute atomic E-state index is 11.9. The Hall–Kier alpha value is -6.43. The molecule has 16 nitrogen and oxygen atoms in total. The monoisotopic (exact) mass is 838 g/mol. The van der Waals surface area contributed by atoms with Gasteiger partial charge in [-0.05, 0) is 99.9 Å². The zero-order valence-corrected chi connectivity index (χ0v) is 35.1. The lowest BCUT2D eigenvalue weighted by Gasteiger charge is -2.25. The summed E-state index contributed by atoms with van der Waals surface area (Å²) in [6.45, 7) is 8.65. The molecule has 4 aromatic carbocycles. The Bertz CT molecular complexity index is 2540. The molecule has 8 rings (SSSR count). The molecule has 0 spiro atoms. The normalized spacial score (nSPS) is 12.1. The smallest absolute Gasteiger partial charge is 0.465 e. The number of anilines is 2. The molecule has 2 aliphatic rings. The molecule has 0 amide bonds. The maximum Gasteiger partial charge on any atom is 0.488 e. The number of methoxy groups -OCH3 is 2. The highest BCUT2D eigenvalue weighted by atomic mass is 35.5. The van der Waals surface area contributed by atoms with E-state index in [1.807, 2.05) is 51.0 Å². The van der Waals surface area contributed by atoms with Crippen LogP contribution in [-0.2, 0) is 9.47 Å². The Morgan fingerprint density at radius 3 is 1.65 bits per heavy atom. The fourth-order valence-corrected chi connectivity index (χ4v) is 6.10. The summed E-state index contributed by atoms with van der Waals surface area (Å²) in [7, 11) is 5.12. The summed E-state index contributed by atoms with van der Waals surface area (Å²) in [5, 5.41) is 18.0. The van der Waals surface area contributed by atoms with E-state index in [0.29, 0.717) is 66.9 Å². The first kappa shape index (κ1) is 43.2. The van der Waals surface area contributed by atoms with Crippen LogP contribution < -0.4 is 34.2 Å². The number of carbonyl (C=O) groups excluding carboxylic acids is 2. The topological polar surface area (TPSA) is 188 Å². The maximum atomic E-state index is 11.9.